The summed E-state index contributed by atoms with van der Waals surface area (Å²) in [4.78, 5) is 1.21. The van der Waals surface area contributed by atoms with Crippen LogP contribution in [0.15, 0.2) is 14.7 Å². The average Bonchev–Trinajstić information content (AvgIpc) is 2.62. The third-order valence-corrected chi connectivity index (χ3v) is 6.52. The zero-order valence-corrected chi connectivity index (χ0v) is 13.6. The molecular formula is C11H17BrN2O2S2. The van der Waals surface area contributed by atoms with E-state index in [0.29, 0.717) is 10.8 Å². The van der Waals surface area contributed by atoms with Crippen LogP contribution in [-0.4, -0.2) is 27.5 Å². The maximum Gasteiger partial charge on any atom is 0.241 e. The van der Waals surface area contributed by atoms with Crippen LogP contribution in [0.2, 0.25) is 0 Å². The summed E-state index contributed by atoms with van der Waals surface area (Å²) in [5.74, 6) is 0.316. The predicted octanol–water partition coefficient (Wildman–Crippen LogP) is 2.10. The van der Waals surface area contributed by atoms with Gasteiger partial charge >= 0.3 is 0 Å². The maximum atomic E-state index is 12.3. The molecular weight excluding hydrogens is 336 g/mol. The van der Waals surface area contributed by atoms with E-state index in [1.54, 1.807) is 6.07 Å². The van der Waals surface area contributed by atoms with Crippen molar-refractivity contribution in [2.75, 3.05) is 13.1 Å². The topological polar surface area (TPSA) is 58.2 Å². The molecule has 1 aliphatic rings. The second-order valence-corrected chi connectivity index (χ2v) is 8.99. The van der Waals surface area contributed by atoms with Gasteiger partial charge in [0.2, 0.25) is 10.0 Å². The number of thiophene rings is 1. The minimum absolute atomic E-state index is 0.0225. The monoisotopic (exact) mass is 352 g/mol. The smallest absolute Gasteiger partial charge is 0.241 e. The Hall–Kier alpha value is 0.0500. The molecule has 0 radical (unpaired) electrons. The van der Waals surface area contributed by atoms with Crippen molar-refractivity contribution >= 4 is 37.3 Å². The molecule has 2 N–H and O–H groups in total. The highest BCUT2D eigenvalue weighted by Crippen LogP contribution is 2.30. The van der Waals surface area contributed by atoms with Gasteiger partial charge in [0.05, 0.1) is 8.68 Å². The summed E-state index contributed by atoms with van der Waals surface area (Å²) in [6, 6.07) is 1.70. The van der Waals surface area contributed by atoms with Gasteiger partial charge in [-0.25, -0.2) is 13.1 Å². The molecule has 0 bridgehead atoms. The molecule has 102 valence electrons. The van der Waals surface area contributed by atoms with Crippen molar-refractivity contribution in [2.24, 2.45) is 5.92 Å². The Labute approximate surface area is 120 Å². The molecule has 0 aliphatic carbocycles. The third kappa shape index (κ3) is 3.14. The van der Waals surface area contributed by atoms with Gasteiger partial charge in [-0.1, -0.05) is 6.92 Å². The van der Waals surface area contributed by atoms with E-state index in [1.807, 2.05) is 6.92 Å². The Morgan fingerprint density at radius 3 is 2.83 bits per heavy atom. The molecule has 1 aromatic rings. The van der Waals surface area contributed by atoms with Gasteiger partial charge in [-0.05, 0) is 54.3 Å². The number of aryl methyl sites for hydroxylation is 1. The van der Waals surface area contributed by atoms with E-state index in [0.717, 1.165) is 28.2 Å². The van der Waals surface area contributed by atoms with Gasteiger partial charge < -0.3 is 5.32 Å². The molecule has 2 atom stereocenters. The predicted molar refractivity (Wildman–Crippen MR) is 77.5 cm³/mol. The molecule has 0 spiro atoms. The Morgan fingerprint density at radius 2 is 2.28 bits per heavy atom. The number of rotatable bonds is 3. The van der Waals surface area contributed by atoms with E-state index in [9.17, 15) is 8.42 Å². The molecule has 1 saturated heterocycles. The van der Waals surface area contributed by atoms with Crippen molar-refractivity contribution in [1.29, 1.82) is 0 Å². The molecule has 18 heavy (non-hydrogen) atoms. The fraction of sp³-hybridized carbons (Fsp3) is 0.636. The lowest BCUT2D eigenvalue weighted by molar-refractivity contribution is 0.328. The highest BCUT2D eigenvalue weighted by Gasteiger charge is 2.28. The SMILES string of the molecule is Cc1sc(Br)cc1S(=O)(=O)NC1CCNCC1C. The average molecular weight is 353 g/mol. The Bertz CT molecular complexity index is 527. The lowest BCUT2D eigenvalue weighted by atomic mass is 9.97. The first-order valence-corrected chi connectivity index (χ1v) is 8.98. The van der Waals surface area contributed by atoms with E-state index >= 15 is 0 Å². The molecule has 0 amide bonds. The number of piperidine rings is 1. The number of sulfonamides is 1. The number of hydrogen-bond donors (Lipinski definition) is 2. The van der Waals surface area contributed by atoms with Crippen LogP contribution in [0.1, 0.15) is 18.2 Å². The first-order chi connectivity index (χ1) is 8.40. The van der Waals surface area contributed by atoms with Gasteiger partial charge in [0, 0.05) is 10.9 Å². The van der Waals surface area contributed by atoms with Crippen molar-refractivity contribution in [3.8, 4) is 0 Å². The number of halogens is 1. The lowest BCUT2D eigenvalue weighted by Crippen LogP contribution is -2.48. The van der Waals surface area contributed by atoms with E-state index < -0.39 is 10.0 Å². The summed E-state index contributed by atoms with van der Waals surface area (Å²) in [5.41, 5.74) is 0. The number of nitrogens with one attached hydrogen (secondary N) is 2. The second-order valence-electron chi connectivity index (χ2n) is 4.67. The Morgan fingerprint density at radius 1 is 1.56 bits per heavy atom. The minimum atomic E-state index is -3.40. The van der Waals surface area contributed by atoms with Crippen LogP contribution >= 0.6 is 27.3 Å². The normalized spacial score (nSPS) is 25.3. The zero-order chi connectivity index (χ0) is 13.3. The van der Waals surface area contributed by atoms with Gasteiger partial charge in [0.1, 0.15) is 0 Å². The fourth-order valence-electron chi connectivity index (χ4n) is 2.15. The van der Waals surface area contributed by atoms with Gasteiger partial charge in [-0.15, -0.1) is 11.3 Å². The van der Waals surface area contributed by atoms with Crippen molar-refractivity contribution in [2.45, 2.75) is 31.2 Å². The van der Waals surface area contributed by atoms with Gasteiger partial charge in [0.25, 0.3) is 0 Å². The highest BCUT2D eigenvalue weighted by molar-refractivity contribution is 9.11. The molecule has 1 aromatic heterocycles. The molecule has 7 heteroatoms. The molecule has 0 aromatic carbocycles. The summed E-state index contributed by atoms with van der Waals surface area (Å²) in [6.45, 7) is 5.62. The largest absolute Gasteiger partial charge is 0.316 e. The van der Waals surface area contributed by atoms with Crippen LogP contribution in [0.4, 0.5) is 0 Å². The molecule has 2 rings (SSSR count). The summed E-state index contributed by atoms with van der Waals surface area (Å²) in [6.07, 6.45) is 0.838. The summed E-state index contributed by atoms with van der Waals surface area (Å²) < 4.78 is 28.3. The maximum absolute atomic E-state index is 12.3. The third-order valence-electron chi connectivity index (χ3n) is 3.22. The fourth-order valence-corrected chi connectivity index (χ4v) is 5.94. The van der Waals surface area contributed by atoms with E-state index in [2.05, 4.69) is 32.9 Å². The zero-order valence-electron chi connectivity index (χ0n) is 10.4. The Kier molecular flexibility index (Phi) is 4.48. The van der Waals surface area contributed by atoms with Gasteiger partial charge in [0.15, 0.2) is 0 Å². The van der Waals surface area contributed by atoms with Crippen molar-refractivity contribution < 1.29 is 8.42 Å². The lowest BCUT2D eigenvalue weighted by Gasteiger charge is -2.29. The molecule has 2 unspecified atom stereocenters. The van der Waals surface area contributed by atoms with E-state index in [4.69, 9.17) is 0 Å². The second kappa shape index (κ2) is 5.58. The van der Waals surface area contributed by atoms with Crippen LogP contribution in [-0.2, 0) is 10.0 Å². The van der Waals surface area contributed by atoms with Crippen molar-refractivity contribution in [1.82, 2.24) is 10.0 Å². The number of hydrogen-bond acceptors (Lipinski definition) is 4. The molecule has 2 heterocycles. The highest BCUT2D eigenvalue weighted by atomic mass is 79.9. The van der Waals surface area contributed by atoms with Crippen LogP contribution in [0.3, 0.4) is 0 Å². The molecule has 1 aliphatic heterocycles. The van der Waals surface area contributed by atoms with E-state index in [-0.39, 0.29) is 6.04 Å². The van der Waals surface area contributed by atoms with Crippen molar-refractivity contribution in [3.63, 3.8) is 0 Å². The van der Waals surface area contributed by atoms with Crippen molar-refractivity contribution in [3.05, 3.63) is 14.7 Å². The summed E-state index contributed by atoms with van der Waals surface area (Å²) in [5, 5.41) is 3.27. The standard InChI is InChI=1S/C11H17BrN2O2S2/c1-7-6-13-4-3-9(7)14-18(15,16)10-5-11(12)17-8(10)2/h5,7,9,13-14H,3-4,6H2,1-2H3. The van der Waals surface area contributed by atoms with Crippen LogP contribution < -0.4 is 10.0 Å². The minimum Gasteiger partial charge on any atom is -0.316 e. The Balaban J connectivity index is 2.19. The van der Waals surface area contributed by atoms with Crippen LogP contribution in [0.5, 0.6) is 0 Å². The quantitative estimate of drug-likeness (QED) is 0.875. The van der Waals surface area contributed by atoms with Gasteiger partial charge in [-0.2, -0.15) is 0 Å². The first kappa shape index (κ1) is 14.5. The van der Waals surface area contributed by atoms with E-state index in [1.165, 1.54) is 11.3 Å². The molecule has 1 fully saturated rings. The molecule has 4 nitrogen and oxygen atoms in total. The molecule has 0 saturated carbocycles. The first-order valence-electron chi connectivity index (χ1n) is 5.89. The van der Waals surface area contributed by atoms with Crippen LogP contribution in [0, 0.1) is 12.8 Å². The summed E-state index contributed by atoms with van der Waals surface area (Å²) >= 11 is 4.77. The summed E-state index contributed by atoms with van der Waals surface area (Å²) in [7, 11) is -3.40. The van der Waals surface area contributed by atoms with Gasteiger partial charge in [-0.3, -0.25) is 0 Å². The van der Waals surface area contributed by atoms with Crippen LogP contribution in [0.25, 0.3) is 0 Å².